The lowest BCUT2D eigenvalue weighted by Crippen LogP contribution is -2.33. The molecule has 104 valence electrons. The Bertz CT molecular complexity index is 389. The highest BCUT2D eigenvalue weighted by molar-refractivity contribution is 5.92. The molecule has 1 N–H and O–H groups in total. The van der Waals surface area contributed by atoms with Crippen LogP contribution in [0.15, 0.2) is 6.07 Å². The molecule has 1 aromatic heterocycles. The number of amides is 1. The van der Waals surface area contributed by atoms with Crippen molar-refractivity contribution in [1.29, 1.82) is 0 Å². The molecule has 0 saturated carbocycles. The number of nitrogens with zero attached hydrogens (tertiary/aromatic N) is 3. The van der Waals surface area contributed by atoms with Gasteiger partial charge in [-0.2, -0.15) is 5.10 Å². The number of hydrogen-bond acceptors (Lipinski definition) is 3. The normalized spacial score (nSPS) is 10.3. The number of nitrogens with one attached hydrogen (secondary N) is 1. The molecule has 0 atom stereocenters. The van der Waals surface area contributed by atoms with Crippen molar-refractivity contribution in [1.82, 2.24) is 20.0 Å². The van der Waals surface area contributed by atoms with Crippen LogP contribution in [0, 0.1) is 0 Å². The van der Waals surface area contributed by atoms with E-state index in [2.05, 4.69) is 24.3 Å². The van der Waals surface area contributed by atoms with Gasteiger partial charge in [0.15, 0.2) is 0 Å². The van der Waals surface area contributed by atoms with Crippen LogP contribution in [0.1, 0.15) is 35.9 Å². The molecule has 0 radical (unpaired) electrons. The van der Waals surface area contributed by atoms with E-state index < -0.39 is 0 Å². The Morgan fingerprint density at radius 2 is 2.17 bits per heavy atom. The maximum atomic E-state index is 12.1. The third kappa shape index (κ3) is 3.99. The molecule has 1 aromatic rings. The molecule has 1 heterocycles. The average Bonchev–Trinajstić information content (AvgIpc) is 2.67. The summed E-state index contributed by atoms with van der Waals surface area (Å²) in [6.45, 7) is 5.62. The summed E-state index contributed by atoms with van der Waals surface area (Å²) in [5.74, 6) is 0.354. The van der Waals surface area contributed by atoms with Crippen LogP contribution in [0.4, 0.5) is 0 Å². The van der Waals surface area contributed by atoms with Crippen LogP contribution in [0.3, 0.4) is 0 Å². The van der Waals surface area contributed by atoms with Gasteiger partial charge >= 0.3 is 0 Å². The topological polar surface area (TPSA) is 50.2 Å². The van der Waals surface area contributed by atoms with Crippen LogP contribution < -0.4 is 5.32 Å². The lowest BCUT2D eigenvalue weighted by Gasteiger charge is -2.16. The Labute approximate surface area is 115 Å². The molecule has 6 heteroatoms. The fourth-order valence-corrected chi connectivity index (χ4v) is 1.55. The van der Waals surface area contributed by atoms with E-state index in [-0.39, 0.29) is 18.3 Å². The van der Waals surface area contributed by atoms with E-state index in [1.807, 2.05) is 27.2 Å². The van der Waals surface area contributed by atoms with Crippen molar-refractivity contribution in [2.45, 2.75) is 19.8 Å². The average molecular weight is 275 g/mol. The minimum absolute atomic E-state index is 0. The third-order valence-electron chi connectivity index (χ3n) is 2.75. The molecule has 1 rings (SSSR count). The molecule has 0 aliphatic rings. The highest BCUT2D eigenvalue weighted by atomic mass is 35.5. The smallest absolute Gasteiger partial charge is 0.271 e. The first kappa shape index (κ1) is 16.9. The lowest BCUT2D eigenvalue weighted by atomic mass is 10.1. The minimum atomic E-state index is 0. The van der Waals surface area contributed by atoms with Gasteiger partial charge in [0.2, 0.25) is 0 Å². The van der Waals surface area contributed by atoms with Crippen molar-refractivity contribution >= 4 is 18.3 Å². The van der Waals surface area contributed by atoms with E-state index in [9.17, 15) is 4.79 Å². The standard InChI is InChI=1S/C12H22N4O.ClH/c1-9(2)10-8-11(16(5)14-10)12(17)15(4)7-6-13-3;/h8-9,13H,6-7H2,1-5H3;1H. The summed E-state index contributed by atoms with van der Waals surface area (Å²) in [6.07, 6.45) is 0. The van der Waals surface area contributed by atoms with Gasteiger partial charge in [-0.25, -0.2) is 0 Å². The molecular formula is C12H23ClN4O. The maximum absolute atomic E-state index is 12.1. The number of halogens is 1. The summed E-state index contributed by atoms with van der Waals surface area (Å²) in [4.78, 5) is 13.9. The SMILES string of the molecule is CNCCN(C)C(=O)c1cc(C(C)C)nn1C.Cl. The fraction of sp³-hybridized carbons (Fsp3) is 0.667. The lowest BCUT2D eigenvalue weighted by molar-refractivity contribution is 0.0786. The van der Waals surface area contributed by atoms with Gasteiger partial charge in [0.25, 0.3) is 5.91 Å². The predicted octanol–water partition coefficient (Wildman–Crippen LogP) is 1.26. The van der Waals surface area contributed by atoms with E-state index in [1.165, 1.54) is 0 Å². The number of rotatable bonds is 5. The van der Waals surface area contributed by atoms with Crippen LogP contribution in [0.5, 0.6) is 0 Å². The molecule has 0 bridgehead atoms. The largest absolute Gasteiger partial charge is 0.339 e. The second-order valence-electron chi connectivity index (χ2n) is 4.56. The molecule has 0 spiro atoms. The second-order valence-corrected chi connectivity index (χ2v) is 4.56. The quantitative estimate of drug-likeness (QED) is 0.879. The number of hydrogen-bond donors (Lipinski definition) is 1. The monoisotopic (exact) mass is 274 g/mol. The highest BCUT2D eigenvalue weighted by Gasteiger charge is 2.17. The van der Waals surface area contributed by atoms with Crippen molar-refractivity contribution in [2.75, 3.05) is 27.2 Å². The Balaban J connectivity index is 0.00000289. The zero-order chi connectivity index (χ0) is 13.0. The van der Waals surface area contributed by atoms with E-state index in [0.29, 0.717) is 18.2 Å². The first-order valence-corrected chi connectivity index (χ1v) is 5.91. The van der Waals surface area contributed by atoms with E-state index in [1.54, 1.807) is 9.58 Å². The highest BCUT2D eigenvalue weighted by Crippen LogP contribution is 2.14. The molecule has 5 nitrogen and oxygen atoms in total. The number of likely N-dealkylation sites (N-methyl/N-ethyl adjacent to an activating group) is 2. The first-order valence-electron chi connectivity index (χ1n) is 5.91. The molecular weight excluding hydrogens is 252 g/mol. The summed E-state index contributed by atoms with van der Waals surface area (Å²) < 4.78 is 1.66. The number of carbonyl (C=O) groups is 1. The second kappa shape index (κ2) is 7.38. The van der Waals surface area contributed by atoms with E-state index in [4.69, 9.17) is 0 Å². The summed E-state index contributed by atoms with van der Waals surface area (Å²) in [5, 5.41) is 7.37. The van der Waals surface area contributed by atoms with Crippen LogP contribution in [0.25, 0.3) is 0 Å². The number of aryl methyl sites for hydroxylation is 1. The summed E-state index contributed by atoms with van der Waals surface area (Å²) in [6, 6.07) is 1.88. The van der Waals surface area contributed by atoms with Gasteiger partial charge in [-0.15, -0.1) is 12.4 Å². The zero-order valence-electron chi connectivity index (χ0n) is 11.7. The Morgan fingerprint density at radius 3 is 2.61 bits per heavy atom. The van der Waals surface area contributed by atoms with Crippen molar-refractivity contribution < 1.29 is 4.79 Å². The Hall–Kier alpha value is -1.07. The van der Waals surface area contributed by atoms with Crippen molar-refractivity contribution in [3.8, 4) is 0 Å². The van der Waals surface area contributed by atoms with Crippen molar-refractivity contribution in [3.63, 3.8) is 0 Å². The summed E-state index contributed by atoms with van der Waals surface area (Å²) in [5.41, 5.74) is 1.60. The summed E-state index contributed by atoms with van der Waals surface area (Å²) in [7, 11) is 5.49. The summed E-state index contributed by atoms with van der Waals surface area (Å²) >= 11 is 0. The molecule has 18 heavy (non-hydrogen) atoms. The van der Waals surface area contributed by atoms with E-state index >= 15 is 0 Å². The molecule has 0 fully saturated rings. The van der Waals surface area contributed by atoms with Gasteiger partial charge in [-0.1, -0.05) is 13.8 Å². The molecule has 0 saturated heterocycles. The Kier molecular flexibility index (Phi) is 6.94. The van der Waals surface area contributed by atoms with E-state index in [0.717, 1.165) is 12.2 Å². The van der Waals surface area contributed by atoms with Gasteiger partial charge in [0, 0.05) is 27.2 Å². The van der Waals surface area contributed by atoms with Crippen LogP contribution in [-0.4, -0.2) is 47.8 Å². The fourth-order valence-electron chi connectivity index (χ4n) is 1.55. The maximum Gasteiger partial charge on any atom is 0.271 e. The van der Waals surface area contributed by atoms with Crippen molar-refractivity contribution in [3.05, 3.63) is 17.5 Å². The number of aromatic nitrogens is 2. The van der Waals surface area contributed by atoms with Gasteiger partial charge in [-0.3, -0.25) is 9.48 Å². The minimum Gasteiger partial charge on any atom is -0.339 e. The van der Waals surface area contributed by atoms with Gasteiger partial charge in [0.05, 0.1) is 5.69 Å². The Morgan fingerprint density at radius 1 is 1.56 bits per heavy atom. The van der Waals surface area contributed by atoms with Crippen molar-refractivity contribution in [2.24, 2.45) is 7.05 Å². The molecule has 0 aliphatic carbocycles. The van der Waals surface area contributed by atoms with Crippen LogP contribution >= 0.6 is 12.4 Å². The zero-order valence-corrected chi connectivity index (χ0v) is 12.5. The van der Waals surface area contributed by atoms with Gasteiger partial charge in [-0.05, 0) is 19.0 Å². The molecule has 1 amide bonds. The molecule has 0 aromatic carbocycles. The predicted molar refractivity (Wildman–Crippen MR) is 75.4 cm³/mol. The number of carbonyl (C=O) groups excluding carboxylic acids is 1. The van der Waals surface area contributed by atoms with Gasteiger partial charge in [0.1, 0.15) is 5.69 Å². The molecule has 0 aliphatic heterocycles. The first-order chi connectivity index (χ1) is 7.97. The molecule has 0 unspecified atom stereocenters. The van der Waals surface area contributed by atoms with Gasteiger partial charge < -0.3 is 10.2 Å². The van der Waals surface area contributed by atoms with Crippen LogP contribution in [0.2, 0.25) is 0 Å². The van der Waals surface area contributed by atoms with Crippen LogP contribution in [-0.2, 0) is 7.05 Å². The third-order valence-corrected chi connectivity index (χ3v) is 2.75.